The minimum atomic E-state index is -4.54. The molecule has 1 unspecified atom stereocenters. The van der Waals surface area contributed by atoms with E-state index in [0.29, 0.717) is 12.4 Å². The summed E-state index contributed by atoms with van der Waals surface area (Å²) in [6, 6.07) is 1.95. The Morgan fingerprint density at radius 2 is 2.07 bits per heavy atom. The highest BCUT2D eigenvalue weighted by molar-refractivity contribution is 14.0. The van der Waals surface area contributed by atoms with E-state index < -0.39 is 27.5 Å². The van der Waals surface area contributed by atoms with Crippen molar-refractivity contribution >= 4 is 39.8 Å². The summed E-state index contributed by atoms with van der Waals surface area (Å²) >= 11 is 0. The van der Waals surface area contributed by atoms with Crippen molar-refractivity contribution in [2.24, 2.45) is 4.99 Å². The van der Waals surface area contributed by atoms with E-state index in [2.05, 4.69) is 20.6 Å². The Hall–Kier alpha value is -1.31. The summed E-state index contributed by atoms with van der Waals surface area (Å²) in [7, 11) is -1.52. The van der Waals surface area contributed by atoms with E-state index in [1.807, 2.05) is 0 Å². The first-order valence-electron chi connectivity index (χ1n) is 7.83. The van der Waals surface area contributed by atoms with Gasteiger partial charge in [-0.3, -0.25) is 4.99 Å². The van der Waals surface area contributed by atoms with Crippen LogP contribution in [0.5, 0.6) is 5.88 Å². The van der Waals surface area contributed by atoms with Crippen LogP contribution in [0.1, 0.15) is 18.9 Å². The zero-order valence-corrected chi connectivity index (χ0v) is 18.4. The van der Waals surface area contributed by atoms with Crippen LogP contribution in [-0.4, -0.2) is 57.6 Å². The normalized spacial score (nSPS) is 13.5. The minimum absolute atomic E-state index is 0. The molecule has 0 spiro atoms. The molecule has 1 heterocycles. The van der Waals surface area contributed by atoms with Gasteiger partial charge < -0.3 is 15.4 Å². The standard InChI is InChI=1S/C15H23F3N4O3S.HI/c1-11(6-10-26(3,23)24)22-14(19-2)21-8-9-25-13-12(15(16,17)18)5-4-7-20-13;/h4-5,7,11H,6,8-10H2,1-3H3,(H2,19,21,22);1H. The third-order valence-corrected chi connectivity index (χ3v) is 4.22. The number of alkyl halides is 3. The number of nitrogens with one attached hydrogen (secondary N) is 2. The van der Waals surface area contributed by atoms with E-state index in [4.69, 9.17) is 4.74 Å². The summed E-state index contributed by atoms with van der Waals surface area (Å²) in [6.07, 6.45) is -1.75. The fourth-order valence-corrected chi connectivity index (χ4v) is 2.71. The molecule has 1 atom stereocenters. The SMILES string of the molecule is CN=C(NCCOc1ncccc1C(F)(F)F)NC(C)CCS(C)(=O)=O.I. The summed E-state index contributed by atoms with van der Waals surface area (Å²) in [5, 5.41) is 5.88. The van der Waals surface area contributed by atoms with Crippen LogP contribution in [0.4, 0.5) is 13.2 Å². The smallest absolute Gasteiger partial charge is 0.421 e. The molecule has 0 radical (unpaired) electrons. The number of ether oxygens (including phenoxy) is 1. The molecule has 0 amide bonds. The topological polar surface area (TPSA) is 92.7 Å². The molecule has 0 aliphatic rings. The molecule has 1 rings (SSSR count). The van der Waals surface area contributed by atoms with Gasteiger partial charge in [0, 0.05) is 25.5 Å². The number of hydrogen-bond acceptors (Lipinski definition) is 5. The molecule has 0 aliphatic carbocycles. The summed E-state index contributed by atoms with van der Waals surface area (Å²) < 4.78 is 65.9. The van der Waals surface area contributed by atoms with Crippen LogP contribution in [0.15, 0.2) is 23.3 Å². The second kappa shape index (κ2) is 11.5. The Kier molecular flexibility index (Phi) is 11.0. The van der Waals surface area contributed by atoms with Gasteiger partial charge >= 0.3 is 6.18 Å². The first kappa shape index (κ1) is 25.7. The highest BCUT2D eigenvalue weighted by atomic mass is 127. The monoisotopic (exact) mass is 524 g/mol. The van der Waals surface area contributed by atoms with Crippen molar-refractivity contribution < 1.29 is 26.3 Å². The van der Waals surface area contributed by atoms with Gasteiger partial charge in [-0.05, 0) is 25.5 Å². The van der Waals surface area contributed by atoms with E-state index in [1.54, 1.807) is 6.92 Å². The van der Waals surface area contributed by atoms with Crippen molar-refractivity contribution in [3.05, 3.63) is 23.9 Å². The first-order chi connectivity index (χ1) is 12.0. The van der Waals surface area contributed by atoms with Gasteiger partial charge in [0.25, 0.3) is 0 Å². The van der Waals surface area contributed by atoms with Crippen LogP contribution >= 0.6 is 24.0 Å². The largest absolute Gasteiger partial charge is 0.475 e. The van der Waals surface area contributed by atoms with Crippen molar-refractivity contribution in [2.75, 3.05) is 32.2 Å². The summed E-state index contributed by atoms with van der Waals surface area (Å²) in [6.45, 7) is 1.93. The van der Waals surface area contributed by atoms with Crippen molar-refractivity contribution in [3.8, 4) is 5.88 Å². The predicted molar refractivity (Wildman–Crippen MR) is 108 cm³/mol. The van der Waals surface area contributed by atoms with E-state index >= 15 is 0 Å². The van der Waals surface area contributed by atoms with Gasteiger partial charge in [0.15, 0.2) is 5.96 Å². The van der Waals surface area contributed by atoms with Gasteiger partial charge in [-0.2, -0.15) is 13.2 Å². The van der Waals surface area contributed by atoms with Crippen molar-refractivity contribution in [1.29, 1.82) is 0 Å². The van der Waals surface area contributed by atoms with E-state index in [1.165, 1.54) is 19.3 Å². The highest BCUT2D eigenvalue weighted by Gasteiger charge is 2.34. The van der Waals surface area contributed by atoms with Crippen LogP contribution in [-0.2, 0) is 16.0 Å². The van der Waals surface area contributed by atoms with Crippen LogP contribution in [0.3, 0.4) is 0 Å². The van der Waals surface area contributed by atoms with Gasteiger partial charge in [-0.25, -0.2) is 13.4 Å². The maximum absolute atomic E-state index is 12.8. The van der Waals surface area contributed by atoms with Crippen molar-refractivity contribution in [3.63, 3.8) is 0 Å². The van der Waals surface area contributed by atoms with Crippen molar-refractivity contribution in [2.45, 2.75) is 25.6 Å². The van der Waals surface area contributed by atoms with E-state index in [0.717, 1.165) is 12.3 Å². The fraction of sp³-hybridized carbons (Fsp3) is 0.600. The van der Waals surface area contributed by atoms with Gasteiger partial charge in [-0.15, -0.1) is 24.0 Å². The lowest BCUT2D eigenvalue weighted by atomic mass is 10.2. The maximum atomic E-state index is 12.8. The fourth-order valence-electron chi connectivity index (χ4n) is 1.93. The Balaban J connectivity index is 0.00000676. The average molecular weight is 524 g/mol. The molecule has 0 aromatic carbocycles. The minimum Gasteiger partial charge on any atom is -0.475 e. The number of sulfone groups is 1. The molecule has 12 heteroatoms. The van der Waals surface area contributed by atoms with Crippen LogP contribution in [0.25, 0.3) is 0 Å². The zero-order valence-electron chi connectivity index (χ0n) is 15.2. The summed E-state index contributed by atoms with van der Waals surface area (Å²) in [4.78, 5) is 7.57. The van der Waals surface area contributed by atoms with E-state index in [9.17, 15) is 21.6 Å². The molecule has 2 N–H and O–H groups in total. The molecular formula is C15H24F3IN4O3S. The molecule has 0 aliphatic heterocycles. The lowest BCUT2D eigenvalue weighted by molar-refractivity contribution is -0.139. The molecule has 27 heavy (non-hydrogen) atoms. The molecule has 0 bridgehead atoms. The second-order valence-electron chi connectivity index (χ2n) is 5.67. The molecule has 0 saturated heterocycles. The third kappa shape index (κ3) is 10.6. The summed E-state index contributed by atoms with van der Waals surface area (Å²) in [5.41, 5.74) is -0.933. The molecule has 7 nitrogen and oxygen atoms in total. The molecular weight excluding hydrogens is 500 g/mol. The molecule has 0 fully saturated rings. The maximum Gasteiger partial charge on any atom is 0.421 e. The molecule has 1 aromatic heterocycles. The number of hydrogen-bond donors (Lipinski definition) is 2. The number of aromatic nitrogens is 1. The lowest BCUT2D eigenvalue weighted by Gasteiger charge is -2.18. The number of halogens is 4. The number of guanidine groups is 1. The molecule has 0 saturated carbocycles. The van der Waals surface area contributed by atoms with Gasteiger partial charge in [-0.1, -0.05) is 0 Å². The number of rotatable bonds is 8. The van der Waals surface area contributed by atoms with Gasteiger partial charge in [0.1, 0.15) is 22.0 Å². The molecule has 156 valence electrons. The second-order valence-corrected chi connectivity index (χ2v) is 7.93. The highest BCUT2D eigenvalue weighted by Crippen LogP contribution is 2.34. The Morgan fingerprint density at radius 3 is 2.63 bits per heavy atom. The Bertz CT molecular complexity index is 715. The molecule has 1 aromatic rings. The zero-order chi connectivity index (χ0) is 19.8. The average Bonchev–Trinajstić information content (AvgIpc) is 2.54. The lowest BCUT2D eigenvalue weighted by Crippen LogP contribution is -2.44. The Morgan fingerprint density at radius 1 is 1.41 bits per heavy atom. The van der Waals surface area contributed by atoms with Crippen molar-refractivity contribution in [1.82, 2.24) is 15.6 Å². The summed E-state index contributed by atoms with van der Waals surface area (Å²) in [5.74, 6) is -0.0424. The van der Waals surface area contributed by atoms with E-state index in [-0.39, 0.29) is 48.9 Å². The number of aliphatic imine (C=N–C) groups is 1. The Labute approximate surface area is 174 Å². The number of pyridine rings is 1. The van der Waals surface area contributed by atoms with Crippen LogP contribution in [0, 0.1) is 0 Å². The predicted octanol–water partition coefficient (Wildman–Crippen LogP) is 2.09. The third-order valence-electron chi connectivity index (χ3n) is 3.24. The van der Waals surface area contributed by atoms with Gasteiger partial charge in [0.2, 0.25) is 5.88 Å². The van der Waals surface area contributed by atoms with Gasteiger partial charge in [0.05, 0.1) is 12.3 Å². The van der Waals surface area contributed by atoms with Crippen LogP contribution < -0.4 is 15.4 Å². The van der Waals surface area contributed by atoms with Crippen LogP contribution in [0.2, 0.25) is 0 Å². The number of nitrogens with zero attached hydrogens (tertiary/aromatic N) is 2. The first-order valence-corrected chi connectivity index (χ1v) is 9.89. The quantitative estimate of drug-likeness (QED) is 0.234.